The van der Waals surface area contributed by atoms with Crippen molar-refractivity contribution in [2.75, 3.05) is 51.1 Å². The van der Waals surface area contributed by atoms with Crippen LogP contribution in [0.2, 0.25) is 0 Å². The van der Waals surface area contributed by atoms with Gasteiger partial charge in [-0.25, -0.2) is 14.7 Å². The summed E-state index contributed by atoms with van der Waals surface area (Å²) in [6.07, 6.45) is 3.68. The minimum Gasteiger partial charge on any atom is -0.507 e. The Morgan fingerprint density at radius 1 is 0.900 bits per heavy atom. The van der Waals surface area contributed by atoms with Gasteiger partial charge in [0, 0.05) is 64.0 Å². The van der Waals surface area contributed by atoms with Crippen LogP contribution in [0, 0.1) is 25.7 Å². The van der Waals surface area contributed by atoms with Gasteiger partial charge in [0.1, 0.15) is 5.75 Å². The number of piperidine rings is 3. The van der Waals surface area contributed by atoms with Crippen molar-refractivity contribution in [1.29, 1.82) is 0 Å². The Hall–Kier alpha value is -3.88. The molecule has 4 amide bonds. The maximum atomic E-state index is 14.1. The number of aryl methyl sites for hydroxylation is 2. The molecule has 4 aliphatic heterocycles. The van der Waals surface area contributed by atoms with Crippen molar-refractivity contribution in [3.63, 3.8) is 0 Å². The van der Waals surface area contributed by atoms with E-state index < -0.39 is 22.4 Å². The fourth-order valence-corrected chi connectivity index (χ4v) is 8.97. The molecule has 50 heavy (non-hydrogen) atoms. The number of benzene rings is 2. The molecule has 2 aromatic rings. The first-order valence-corrected chi connectivity index (χ1v) is 19.3. The fraction of sp³-hybridized carbons (Fsp3) is 0.583. The summed E-state index contributed by atoms with van der Waals surface area (Å²) in [6, 6.07) is 11.3. The van der Waals surface area contributed by atoms with Crippen LogP contribution < -0.4 is 10.5 Å². The van der Waals surface area contributed by atoms with Crippen molar-refractivity contribution in [3.05, 3.63) is 58.7 Å². The average Bonchev–Trinajstić information content (AvgIpc) is 3.27. The first kappa shape index (κ1) is 35.9. The molecule has 0 radical (unpaired) electrons. The van der Waals surface area contributed by atoms with Crippen molar-refractivity contribution in [2.24, 2.45) is 17.0 Å². The second-order valence-corrected chi connectivity index (χ2v) is 15.9. The molecule has 13 nitrogen and oxygen atoms in total. The number of carbonyl (C=O) groups excluding carboxylic acids is 3. The Balaban J connectivity index is 1.07. The zero-order chi connectivity index (χ0) is 35.6. The van der Waals surface area contributed by atoms with E-state index in [9.17, 15) is 27.9 Å². The van der Waals surface area contributed by atoms with Crippen LogP contribution in [0.25, 0.3) is 0 Å². The average molecular weight is 711 g/mol. The van der Waals surface area contributed by atoms with Gasteiger partial charge in [0.15, 0.2) is 6.10 Å². The van der Waals surface area contributed by atoms with E-state index in [4.69, 9.17) is 9.88 Å². The molecule has 272 valence electrons. The molecule has 0 aromatic heterocycles. The van der Waals surface area contributed by atoms with E-state index in [0.29, 0.717) is 81.6 Å². The molecule has 3 saturated heterocycles. The van der Waals surface area contributed by atoms with E-state index in [1.807, 2.05) is 41.3 Å². The lowest BCUT2D eigenvalue weighted by Crippen LogP contribution is -2.52. The fourth-order valence-electron chi connectivity index (χ4n) is 8.25. The number of nitrogens with two attached hydrogens (primary N) is 1. The number of nitrogens with zero attached hydrogens (tertiary/aromatic N) is 4. The van der Waals surface area contributed by atoms with Gasteiger partial charge in [-0.05, 0) is 98.9 Å². The van der Waals surface area contributed by atoms with E-state index in [0.717, 1.165) is 48.9 Å². The number of hydrogen-bond acceptors (Lipinski definition) is 7. The van der Waals surface area contributed by atoms with E-state index in [2.05, 4.69) is 5.32 Å². The highest BCUT2D eigenvalue weighted by atomic mass is 32.2. The van der Waals surface area contributed by atoms with Gasteiger partial charge in [0.05, 0.1) is 0 Å². The topological polar surface area (TPSA) is 166 Å². The number of urea groups is 1. The summed E-state index contributed by atoms with van der Waals surface area (Å²) in [4.78, 5) is 46.1. The van der Waals surface area contributed by atoms with Crippen LogP contribution in [0.15, 0.2) is 36.4 Å². The Morgan fingerprint density at radius 2 is 1.48 bits per heavy atom. The normalized spacial score (nSPS) is 20.9. The molecular weight excluding hydrogens is 660 g/mol. The number of para-hydroxylation sites is 1. The summed E-state index contributed by atoms with van der Waals surface area (Å²) >= 11 is 0. The summed E-state index contributed by atoms with van der Waals surface area (Å²) in [5.41, 5.74) is 4.12. The Bertz CT molecular complexity index is 1660. The van der Waals surface area contributed by atoms with Gasteiger partial charge < -0.3 is 29.9 Å². The second-order valence-electron chi connectivity index (χ2n) is 14.3. The molecule has 4 N–H and O–H groups in total. The quantitative estimate of drug-likeness (QED) is 0.394. The summed E-state index contributed by atoms with van der Waals surface area (Å²) in [5, 5.41) is 18.7. The van der Waals surface area contributed by atoms with E-state index in [-0.39, 0.29) is 30.2 Å². The predicted octanol–water partition coefficient (Wildman–Crippen LogP) is 3.77. The molecule has 2 aromatic carbocycles. The first-order valence-electron chi connectivity index (χ1n) is 17.8. The lowest BCUT2D eigenvalue weighted by Gasteiger charge is -2.40. The minimum absolute atomic E-state index is 0.0121. The summed E-state index contributed by atoms with van der Waals surface area (Å²) in [7, 11) is -3.68. The molecule has 0 bridgehead atoms. The molecule has 0 saturated carbocycles. The monoisotopic (exact) mass is 710 g/mol. The molecule has 3 fully saturated rings. The highest BCUT2D eigenvalue weighted by Crippen LogP contribution is 2.34. The number of aromatic hydroxyl groups is 1. The molecule has 0 unspecified atom stereocenters. The molecule has 4 aliphatic rings. The Kier molecular flexibility index (Phi) is 10.9. The highest BCUT2D eigenvalue weighted by Gasteiger charge is 2.37. The van der Waals surface area contributed by atoms with E-state index >= 15 is 0 Å². The summed E-state index contributed by atoms with van der Waals surface area (Å²) < 4.78 is 30.9. The van der Waals surface area contributed by atoms with Crippen LogP contribution in [0.3, 0.4) is 0 Å². The number of carbonyl (C=O) groups is 3. The standard InChI is InChI=1S/C36H50N6O7S/c1-24-21-26(22-25(2)33(24)43)23-32(34(44)39-14-7-27(8-15-39)28-9-18-41(19-10-28)50(37,47)48)49-36(46)40-16-12-30(13-17-40)42-20-11-29-5-3-4-6-31(29)38-35(42)45/h3-6,21-22,27-28,30,32,43H,7-20,23H2,1-2H3,(H,38,45)(H2,37,47,48)/t32-/m1/s1. The third kappa shape index (κ3) is 8.18. The third-order valence-electron chi connectivity index (χ3n) is 11.2. The number of likely N-dealkylation sites (tertiary alicyclic amines) is 2. The maximum Gasteiger partial charge on any atom is 0.410 e. The van der Waals surface area contributed by atoms with Gasteiger partial charge in [0.2, 0.25) is 0 Å². The van der Waals surface area contributed by atoms with E-state index in [1.54, 1.807) is 23.6 Å². The lowest BCUT2D eigenvalue weighted by molar-refractivity contribution is -0.142. The number of rotatable bonds is 7. The largest absolute Gasteiger partial charge is 0.507 e. The van der Waals surface area contributed by atoms with Gasteiger partial charge in [-0.3, -0.25) is 4.79 Å². The summed E-state index contributed by atoms with van der Waals surface area (Å²) in [5.74, 6) is 0.725. The Morgan fingerprint density at radius 3 is 2.10 bits per heavy atom. The van der Waals surface area contributed by atoms with Gasteiger partial charge >= 0.3 is 12.1 Å². The molecule has 14 heteroatoms. The molecule has 6 rings (SSSR count). The van der Waals surface area contributed by atoms with Crippen molar-refractivity contribution < 1.29 is 32.6 Å². The molecule has 0 aliphatic carbocycles. The summed E-state index contributed by atoms with van der Waals surface area (Å²) in [6.45, 7) is 6.95. The van der Waals surface area contributed by atoms with E-state index in [1.165, 1.54) is 4.31 Å². The van der Waals surface area contributed by atoms with Crippen LogP contribution >= 0.6 is 0 Å². The SMILES string of the molecule is Cc1cc(C[C@@H](OC(=O)N2CCC(N3CCc4ccccc4NC3=O)CC2)C(=O)N2CCC(C3CCN(S(N)(=O)=O)CC3)CC2)cc(C)c1O. The van der Waals surface area contributed by atoms with Crippen molar-refractivity contribution in [1.82, 2.24) is 19.0 Å². The number of ether oxygens (including phenoxy) is 1. The number of nitrogens with one attached hydrogen (secondary N) is 1. The smallest absolute Gasteiger partial charge is 0.410 e. The predicted molar refractivity (Wildman–Crippen MR) is 189 cm³/mol. The zero-order valence-electron chi connectivity index (χ0n) is 29.1. The molecule has 1 atom stereocenters. The van der Waals surface area contributed by atoms with Crippen molar-refractivity contribution in [3.8, 4) is 5.75 Å². The number of anilines is 1. The maximum absolute atomic E-state index is 14.1. The highest BCUT2D eigenvalue weighted by molar-refractivity contribution is 7.86. The van der Waals surface area contributed by atoms with Gasteiger partial charge in [-0.1, -0.05) is 30.3 Å². The minimum atomic E-state index is -3.68. The number of hydrogen-bond donors (Lipinski definition) is 3. The third-order valence-corrected chi connectivity index (χ3v) is 12.3. The number of fused-ring (bicyclic) bond motifs is 1. The number of amides is 4. The number of phenolic OH excluding ortho intramolecular Hbond substituents is 1. The van der Waals surface area contributed by atoms with Crippen LogP contribution in [0.1, 0.15) is 60.8 Å². The van der Waals surface area contributed by atoms with Crippen LogP contribution in [-0.4, -0.2) is 109 Å². The molecule has 4 heterocycles. The van der Waals surface area contributed by atoms with Gasteiger partial charge in [-0.2, -0.15) is 12.7 Å². The zero-order valence-corrected chi connectivity index (χ0v) is 29.9. The lowest BCUT2D eigenvalue weighted by atomic mass is 9.79. The second kappa shape index (κ2) is 15.2. The molecule has 0 spiro atoms. The van der Waals surface area contributed by atoms with Crippen molar-refractivity contribution >= 4 is 33.9 Å². The first-order chi connectivity index (χ1) is 23.9. The van der Waals surface area contributed by atoms with Gasteiger partial charge in [0.25, 0.3) is 16.1 Å². The Labute approximate surface area is 294 Å². The van der Waals surface area contributed by atoms with Crippen LogP contribution in [-0.2, 0) is 32.6 Å². The van der Waals surface area contributed by atoms with Crippen LogP contribution in [0.5, 0.6) is 5.75 Å². The van der Waals surface area contributed by atoms with Crippen molar-refractivity contribution in [2.45, 2.75) is 77.4 Å². The van der Waals surface area contributed by atoms with Crippen LogP contribution in [0.4, 0.5) is 15.3 Å². The number of phenols is 1. The molecular formula is C36H50N6O7S. The van der Waals surface area contributed by atoms with Gasteiger partial charge in [-0.15, -0.1) is 0 Å².